The molecule has 0 aliphatic rings. The van der Waals surface area contributed by atoms with E-state index < -0.39 is 10.8 Å². The number of amides is 1. The summed E-state index contributed by atoms with van der Waals surface area (Å²) < 4.78 is 0. The largest absolute Gasteiger partial charge is 0.338 e. The zero-order valence-corrected chi connectivity index (χ0v) is 14.0. The first-order chi connectivity index (χ1) is 13.1. The van der Waals surface area contributed by atoms with Gasteiger partial charge in [-0.25, -0.2) is 4.98 Å². The van der Waals surface area contributed by atoms with E-state index in [2.05, 4.69) is 15.3 Å². The number of carbonyl (C=O) groups excluding carboxylic acids is 1. The molecule has 1 heterocycles. The van der Waals surface area contributed by atoms with Gasteiger partial charge in [0.2, 0.25) is 0 Å². The second-order valence-corrected chi connectivity index (χ2v) is 5.88. The number of nitro benzene ring substituents is 1. The van der Waals surface area contributed by atoms with Crippen molar-refractivity contribution in [3.8, 4) is 11.4 Å². The average Bonchev–Trinajstić information content (AvgIpc) is 3.12. The van der Waals surface area contributed by atoms with Crippen molar-refractivity contribution in [2.24, 2.45) is 0 Å². The topological polar surface area (TPSA) is 101 Å². The van der Waals surface area contributed by atoms with Crippen LogP contribution in [0.5, 0.6) is 0 Å². The summed E-state index contributed by atoms with van der Waals surface area (Å²) in [4.78, 5) is 31.0. The van der Waals surface area contributed by atoms with Crippen molar-refractivity contribution in [1.82, 2.24) is 9.97 Å². The van der Waals surface area contributed by atoms with Crippen LogP contribution in [0, 0.1) is 10.1 Å². The van der Waals surface area contributed by atoms with Gasteiger partial charge >= 0.3 is 0 Å². The minimum Gasteiger partial charge on any atom is -0.338 e. The Morgan fingerprint density at radius 2 is 1.67 bits per heavy atom. The molecule has 1 amide bonds. The van der Waals surface area contributed by atoms with E-state index in [-0.39, 0.29) is 11.3 Å². The summed E-state index contributed by atoms with van der Waals surface area (Å²) >= 11 is 0. The number of carbonyl (C=O) groups is 1. The van der Waals surface area contributed by atoms with Crippen molar-refractivity contribution in [2.45, 2.75) is 0 Å². The van der Waals surface area contributed by atoms with Crippen LogP contribution in [0.3, 0.4) is 0 Å². The van der Waals surface area contributed by atoms with Gasteiger partial charge in [-0.2, -0.15) is 0 Å². The lowest BCUT2D eigenvalue weighted by molar-refractivity contribution is -0.385. The molecule has 0 aliphatic heterocycles. The molecule has 7 nitrogen and oxygen atoms in total. The molecule has 0 atom stereocenters. The van der Waals surface area contributed by atoms with Crippen molar-refractivity contribution in [2.75, 3.05) is 5.32 Å². The Kier molecular flexibility index (Phi) is 4.10. The highest BCUT2D eigenvalue weighted by molar-refractivity contribution is 6.08. The van der Waals surface area contributed by atoms with Crippen LogP contribution >= 0.6 is 0 Å². The van der Waals surface area contributed by atoms with Gasteiger partial charge < -0.3 is 10.3 Å². The maximum Gasteiger partial charge on any atom is 0.282 e. The van der Waals surface area contributed by atoms with Gasteiger partial charge in [0.15, 0.2) is 0 Å². The van der Waals surface area contributed by atoms with E-state index in [9.17, 15) is 14.9 Å². The number of nitro groups is 1. The van der Waals surface area contributed by atoms with Crippen LogP contribution in [0.1, 0.15) is 10.4 Å². The number of benzene rings is 3. The Balaban J connectivity index is 1.72. The van der Waals surface area contributed by atoms with Crippen LogP contribution in [-0.4, -0.2) is 20.8 Å². The lowest BCUT2D eigenvalue weighted by Crippen LogP contribution is -2.14. The summed E-state index contributed by atoms with van der Waals surface area (Å²) in [5.41, 5.74) is 2.66. The smallest absolute Gasteiger partial charge is 0.282 e. The summed E-state index contributed by atoms with van der Waals surface area (Å²) in [5.74, 6) is 0.0560. The number of nitrogens with one attached hydrogen (secondary N) is 2. The first-order valence-corrected chi connectivity index (χ1v) is 8.22. The Morgan fingerprint density at radius 3 is 2.48 bits per heavy atom. The zero-order valence-electron chi connectivity index (χ0n) is 14.0. The van der Waals surface area contributed by atoms with Gasteiger partial charge in [-0.05, 0) is 30.3 Å². The fourth-order valence-electron chi connectivity index (χ4n) is 2.89. The molecular formula is C20H14N4O3. The van der Waals surface area contributed by atoms with Gasteiger partial charge in [-0.15, -0.1) is 0 Å². The molecular weight excluding hydrogens is 344 g/mol. The van der Waals surface area contributed by atoms with Crippen molar-refractivity contribution in [1.29, 1.82) is 0 Å². The Labute approximate surface area is 153 Å². The Bertz CT molecular complexity index is 1130. The summed E-state index contributed by atoms with van der Waals surface area (Å²) in [6.07, 6.45) is 0. The van der Waals surface area contributed by atoms with Crippen LogP contribution in [0.15, 0.2) is 72.8 Å². The second kappa shape index (κ2) is 6.72. The molecule has 132 valence electrons. The molecule has 4 aromatic rings. The molecule has 3 aromatic carbocycles. The minimum absolute atomic E-state index is 0.00177. The van der Waals surface area contributed by atoms with Crippen molar-refractivity contribution in [3.63, 3.8) is 0 Å². The van der Waals surface area contributed by atoms with E-state index in [4.69, 9.17) is 0 Å². The van der Waals surface area contributed by atoms with Crippen molar-refractivity contribution < 1.29 is 9.72 Å². The second-order valence-electron chi connectivity index (χ2n) is 5.88. The van der Waals surface area contributed by atoms with Gasteiger partial charge in [0.1, 0.15) is 11.4 Å². The zero-order chi connectivity index (χ0) is 18.8. The lowest BCUT2D eigenvalue weighted by Gasteiger charge is -2.09. The maximum absolute atomic E-state index is 12.6. The normalized spacial score (nSPS) is 10.7. The first kappa shape index (κ1) is 16.5. The van der Waals surface area contributed by atoms with Gasteiger partial charge in [0, 0.05) is 11.6 Å². The van der Waals surface area contributed by atoms with E-state index in [1.165, 1.54) is 18.2 Å². The van der Waals surface area contributed by atoms with E-state index in [1.807, 2.05) is 36.4 Å². The van der Waals surface area contributed by atoms with E-state index in [1.54, 1.807) is 18.2 Å². The molecule has 27 heavy (non-hydrogen) atoms. The van der Waals surface area contributed by atoms with Crippen molar-refractivity contribution >= 4 is 28.3 Å². The van der Waals surface area contributed by atoms with Crippen LogP contribution in [0.25, 0.3) is 22.4 Å². The molecule has 2 N–H and O–H groups in total. The number of rotatable bonds is 4. The van der Waals surface area contributed by atoms with Crippen molar-refractivity contribution in [3.05, 3.63) is 88.5 Å². The van der Waals surface area contributed by atoms with Crippen LogP contribution < -0.4 is 5.32 Å². The van der Waals surface area contributed by atoms with Crippen LogP contribution in [0.2, 0.25) is 0 Å². The number of aromatic amines is 1. The average molecular weight is 358 g/mol. The third-order valence-corrected chi connectivity index (χ3v) is 4.17. The van der Waals surface area contributed by atoms with Gasteiger partial charge in [-0.3, -0.25) is 14.9 Å². The quantitative estimate of drug-likeness (QED) is 0.417. The van der Waals surface area contributed by atoms with Gasteiger partial charge in [-0.1, -0.05) is 36.4 Å². The maximum atomic E-state index is 12.6. The fraction of sp³-hybridized carbons (Fsp3) is 0. The number of aromatic nitrogens is 2. The number of para-hydroxylation sites is 4. The SMILES string of the molecule is O=C(Nc1ccccc1-c1nc2ccccc2[nH]1)c1ccccc1[N+](=O)[O-]. The molecule has 1 aromatic heterocycles. The number of hydrogen-bond acceptors (Lipinski definition) is 4. The predicted octanol–water partition coefficient (Wildman–Crippen LogP) is 4.39. The van der Waals surface area contributed by atoms with E-state index in [0.717, 1.165) is 11.0 Å². The molecule has 0 spiro atoms. The Hall–Kier alpha value is -4.00. The van der Waals surface area contributed by atoms with Gasteiger partial charge in [0.25, 0.3) is 11.6 Å². The highest BCUT2D eigenvalue weighted by atomic mass is 16.6. The lowest BCUT2D eigenvalue weighted by atomic mass is 10.1. The molecule has 0 aliphatic carbocycles. The van der Waals surface area contributed by atoms with Crippen LogP contribution in [0.4, 0.5) is 11.4 Å². The van der Waals surface area contributed by atoms with E-state index >= 15 is 0 Å². The Morgan fingerprint density at radius 1 is 0.963 bits per heavy atom. The number of hydrogen-bond donors (Lipinski definition) is 2. The molecule has 0 saturated heterocycles. The molecule has 0 saturated carbocycles. The molecule has 0 radical (unpaired) electrons. The summed E-state index contributed by atoms with van der Waals surface area (Å²) in [7, 11) is 0. The highest BCUT2D eigenvalue weighted by Crippen LogP contribution is 2.28. The highest BCUT2D eigenvalue weighted by Gasteiger charge is 2.20. The number of imidazole rings is 1. The third kappa shape index (κ3) is 3.13. The monoisotopic (exact) mass is 358 g/mol. The predicted molar refractivity (Wildman–Crippen MR) is 103 cm³/mol. The third-order valence-electron chi connectivity index (χ3n) is 4.17. The van der Waals surface area contributed by atoms with Crippen LogP contribution in [-0.2, 0) is 0 Å². The van der Waals surface area contributed by atoms with E-state index in [0.29, 0.717) is 17.1 Å². The number of anilines is 1. The van der Waals surface area contributed by atoms with Gasteiger partial charge in [0.05, 0.1) is 21.6 Å². The molecule has 0 bridgehead atoms. The molecule has 4 rings (SSSR count). The number of fused-ring (bicyclic) bond motifs is 1. The number of H-pyrrole nitrogens is 1. The minimum atomic E-state index is -0.569. The molecule has 7 heteroatoms. The summed E-state index contributed by atoms with van der Waals surface area (Å²) in [6, 6.07) is 20.6. The summed E-state index contributed by atoms with van der Waals surface area (Å²) in [5, 5.41) is 13.9. The first-order valence-electron chi connectivity index (χ1n) is 8.22. The standard InChI is InChI=1S/C20H14N4O3/c25-20(14-8-2-6-12-18(14)24(26)27)23-15-9-3-1-7-13(15)19-21-16-10-4-5-11-17(16)22-19/h1-12H,(H,21,22)(H,23,25). The fourth-order valence-corrected chi connectivity index (χ4v) is 2.89. The molecule has 0 unspecified atom stereocenters. The molecule has 0 fully saturated rings. The number of nitrogens with zero attached hydrogens (tertiary/aromatic N) is 2. The summed E-state index contributed by atoms with van der Waals surface area (Å²) in [6.45, 7) is 0.